The van der Waals surface area contributed by atoms with Gasteiger partial charge in [-0.15, -0.1) is 0 Å². The highest BCUT2D eigenvalue weighted by Gasteiger charge is 2.55. The standard InChI is InChI=1S/C12H22O/c1-4-9(5-2)10-6-7-12(3)11(8-10)13-12/h9-11H,4-8H2,1-3H3. The lowest BCUT2D eigenvalue weighted by molar-refractivity contribution is 0.237. The van der Waals surface area contributed by atoms with Gasteiger partial charge in [0.2, 0.25) is 0 Å². The van der Waals surface area contributed by atoms with Gasteiger partial charge in [0.1, 0.15) is 0 Å². The predicted molar refractivity (Wildman–Crippen MR) is 54.7 cm³/mol. The zero-order valence-electron chi connectivity index (χ0n) is 9.18. The lowest BCUT2D eigenvalue weighted by Gasteiger charge is -2.28. The Morgan fingerprint density at radius 3 is 2.62 bits per heavy atom. The van der Waals surface area contributed by atoms with Crippen LogP contribution in [0.3, 0.4) is 0 Å². The lowest BCUT2D eigenvalue weighted by Crippen LogP contribution is -2.25. The second kappa shape index (κ2) is 3.27. The molecule has 3 atom stereocenters. The molecule has 1 aliphatic carbocycles. The summed E-state index contributed by atoms with van der Waals surface area (Å²) in [7, 11) is 0. The third-order valence-corrected chi connectivity index (χ3v) is 4.28. The third-order valence-electron chi connectivity index (χ3n) is 4.28. The molecule has 1 nitrogen and oxygen atoms in total. The first kappa shape index (κ1) is 9.51. The van der Waals surface area contributed by atoms with Crippen molar-refractivity contribution in [2.24, 2.45) is 11.8 Å². The minimum atomic E-state index is 0.308. The normalized spacial score (nSPS) is 43.4. The maximum atomic E-state index is 5.73. The monoisotopic (exact) mass is 182 g/mol. The van der Waals surface area contributed by atoms with Crippen LogP contribution in [0, 0.1) is 11.8 Å². The van der Waals surface area contributed by atoms with Gasteiger partial charge in [-0.05, 0) is 38.0 Å². The Morgan fingerprint density at radius 1 is 1.38 bits per heavy atom. The number of hydrogen-bond acceptors (Lipinski definition) is 1. The molecule has 1 saturated heterocycles. The molecule has 2 fully saturated rings. The van der Waals surface area contributed by atoms with Gasteiger partial charge in [-0.25, -0.2) is 0 Å². The van der Waals surface area contributed by atoms with Gasteiger partial charge in [0.15, 0.2) is 0 Å². The molecule has 0 aromatic rings. The van der Waals surface area contributed by atoms with E-state index in [-0.39, 0.29) is 0 Å². The van der Waals surface area contributed by atoms with Crippen LogP contribution in [0.2, 0.25) is 0 Å². The van der Waals surface area contributed by atoms with E-state index in [1.54, 1.807) is 0 Å². The molecule has 0 aromatic heterocycles. The Balaban J connectivity index is 1.89. The van der Waals surface area contributed by atoms with E-state index in [0.717, 1.165) is 11.8 Å². The molecule has 2 aliphatic rings. The molecule has 0 bridgehead atoms. The summed E-state index contributed by atoms with van der Waals surface area (Å²) in [4.78, 5) is 0. The van der Waals surface area contributed by atoms with E-state index in [9.17, 15) is 0 Å². The van der Waals surface area contributed by atoms with Crippen molar-refractivity contribution in [3.05, 3.63) is 0 Å². The summed E-state index contributed by atoms with van der Waals surface area (Å²) in [5, 5.41) is 0. The van der Waals surface area contributed by atoms with Gasteiger partial charge in [0.05, 0.1) is 11.7 Å². The summed E-state index contributed by atoms with van der Waals surface area (Å²) in [6.07, 6.45) is 7.36. The summed E-state index contributed by atoms with van der Waals surface area (Å²) in [5.74, 6) is 1.91. The Morgan fingerprint density at radius 2 is 2.08 bits per heavy atom. The van der Waals surface area contributed by atoms with Gasteiger partial charge < -0.3 is 4.74 Å². The highest BCUT2D eigenvalue weighted by Crippen LogP contribution is 2.51. The van der Waals surface area contributed by atoms with E-state index in [4.69, 9.17) is 4.74 Å². The van der Waals surface area contributed by atoms with E-state index in [1.165, 1.54) is 32.1 Å². The Bertz CT molecular complexity index is 186. The summed E-state index contributed by atoms with van der Waals surface area (Å²) in [6, 6.07) is 0. The molecule has 0 aromatic carbocycles. The van der Waals surface area contributed by atoms with E-state index in [1.807, 2.05) is 0 Å². The maximum Gasteiger partial charge on any atom is 0.0920 e. The fourth-order valence-electron chi connectivity index (χ4n) is 3.06. The van der Waals surface area contributed by atoms with Crippen molar-refractivity contribution in [1.82, 2.24) is 0 Å². The van der Waals surface area contributed by atoms with Gasteiger partial charge in [-0.3, -0.25) is 0 Å². The predicted octanol–water partition coefficient (Wildman–Crippen LogP) is 3.38. The van der Waals surface area contributed by atoms with Crippen LogP contribution >= 0.6 is 0 Å². The molecule has 1 heterocycles. The maximum absolute atomic E-state index is 5.73. The van der Waals surface area contributed by atoms with Gasteiger partial charge in [-0.1, -0.05) is 26.7 Å². The Labute approximate surface area is 81.9 Å². The van der Waals surface area contributed by atoms with Crippen LogP contribution in [0.25, 0.3) is 0 Å². The molecule has 0 N–H and O–H groups in total. The molecular formula is C12H22O. The van der Waals surface area contributed by atoms with Crippen LogP contribution in [0.4, 0.5) is 0 Å². The second-order valence-electron chi connectivity index (χ2n) is 5.03. The minimum absolute atomic E-state index is 0.308. The first-order valence-corrected chi connectivity index (χ1v) is 5.87. The van der Waals surface area contributed by atoms with E-state index >= 15 is 0 Å². The van der Waals surface area contributed by atoms with Crippen molar-refractivity contribution < 1.29 is 4.74 Å². The molecule has 0 radical (unpaired) electrons. The first-order valence-electron chi connectivity index (χ1n) is 5.87. The van der Waals surface area contributed by atoms with Gasteiger partial charge in [0, 0.05) is 0 Å². The fraction of sp³-hybridized carbons (Fsp3) is 1.00. The highest BCUT2D eigenvalue weighted by atomic mass is 16.6. The second-order valence-corrected chi connectivity index (χ2v) is 5.03. The van der Waals surface area contributed by atoms with Crippen LogP contribution in [-0.4, -0.2) is 11.7 Å². The summed E-state index contributed by atoms with van der Waals surface area (Å²) >= 11 is 0. The highest BCUT2D eigenvalue weighted by molar-refractivity contribution is 5.04. The largest absolute Gasteiger partial charge is 0.366 e. The quantitative estimate of drug-likeness (QED) is 0.610. The number of ether oxygens (including phenoxy) is 1. The Hall–Kier alpha value is -0.0400. The topological polar surface area (TPSA) is 12.5 Å². The van der Waals surface area contributed by atoms with Crippen molar-refractivity contribution >= 4 is 0 Å². The van der Waals surface area contributed by atoms with Crippen LogP contribution in [0.15, 0.2) is 0 Å². The summed E-state index contributed by atoms with van der Waals surface area (Å²) in [5.41, 5.74) is 0.308. The molecular weight excluding hydrogens is 160 g/mol. The van der Waals surface area contributed by atoms with Crippen LogP contribution in [-0.2, 0) is 4.74 Å². The summed E-state index contributed by atoms with van der Waals surface area (Å²) < 4.78 is 5.73. The van der Waals surface area contributed by atoms with Crippen molar-refractivity contribution in [2.45, 2.75) is 64.6 Å². The van der Waals surface area contributed by atoms with Crippen molar-refractivity contribution in [1.29, 1.82) is 0 Å². The molecule has 1 heteroatoms. The number of rotatable bonds is 3. The van der Waals surface area contributed by atoms with E-state index in [2.05, 4.69) is 20.8 Å². The lowest BCUT2D eigenvalue weighted by atomic mass is 9.74. The zero-order chi connectivity index (χ0) is 9.47. The SMILES string of the molecule is CCC(CC)C1CCC2(C)OC2C1. The first-order chi connectivity index (χ1) is 6.19. The molecule has 0 amide bonds. The Kier molecular flexibility index (Phi) is 2.39. The van der Waals surface area contributed by atoms with Crippen molar-refractivity contribution in [3.8, 4) is 0 Å². The molecule has 13 heavy (non-hydrogen) atoms. The van der Waals surface area contributed by atoms with Crippen LogP contribution in [0.5, 0.6) is 0 Å². The molecule has 3 unspecified atom stereocenters. The zero-order valence-corrected chi connectivity index (χ0v) is 9.18. The molecule has 0 spiro atoms. The van der Waals surface area contributed by atoms with Gasteiger partial charge in [0.25, 0.3) is 0 Å². The summed E-state index contributed by atoms with van der Waals surface area (Å²) in [6.45, 7) is 6.94. The third kappa shape index (κ3) is 1.63. The fourth-order valence-corrected chi connectivity index (χ4v) is 3.06. The van der Waals surface area contributed by atoms with Gasteiger partial charge >= 0.3 is 0 Å². The van der Waals surface area contributed by atoms with E-state index in [0.29, 0.717) is 11.7 Å². The number of epoxide rings is 1. The molecule has 2 rings (SSSR count). The van der Waals surface area contributed by atoms with Crippen LogP contribution < -0.4 is 0 Å². The average Bonchev–Trinajstić information content (AvgIpc) is 2.78. The van der Waals surface area contributed by atoms with E-state index < -0.39 is 0 Å². The average molecular weight is 182 g/mol. The van der Waals surface area contributed by atoms with Crippen LogP contribution in [0.1, 0.15) is 52.9 Å². The van der Waals surface area contributed by atoms with Crippen molar-refractivity contribution in [2.75, 3.05) is 0 Å². The number of hydrogen-bond donors (Lipinski definition) is 0. The molecule has 76 valence electrons. The van der Waals surface area contributed by atoms with Crippen molar-refractivity contribution in [3.63, 3.8) is 0 Å². The van der Waals surface area contributed by atoms with Gasteiger partial charge in [-0.2, -0.15) is 0 Å². The molecule has 1 aliphatic heterocycles. The minimum Gasteiger partial charge on any atom is -0.366 e. The number of fused-ring (bicyclic) bond motifs is 1. The molecule has 1 saturated carbocycles. The smallest absolute Gasteiger partial charge is 0.0920 e.